The van der Waals surface area contributed by atoms with Crippen LogP contribution in [-0.2, 0) is 11.2 Å². The third-order valence-corrected chi connectivity index (χ3v) is 4.65. The van der Waals surface area contributed by atoms with Gasteiger partial charge in [-0.05, 0) is 43.5 Å². The van der Waals surface area contributed by atoms with Gasteiger partial charge in [-0.3, -0.25) is 4.79 Å². The summed E-state index contributed by atoms with van der Waals surface area (Å²) in [5, 5.41) is 2.92. The van der Waals surface area contributed by atoms with E-state index in [4.69, 9.17) is 4.74 Å². The molecule has 0 saturated heterocycles. The van der Waals surface area contributed by atoms with Gasteiger partial charge in [0.15, 0.2) is 0 Å². The number of carbonyl (C=O) groups is 1. The van der Waals surface area contributed by atoms with Crippen molar-refractivity contribution in [1.82, 2.24) is 5.32 Å². The van der Waals surface area contributed by atoms with Crippen LogP contribution in [0.3, 0.4) is 0 Å². The topological polar surface area (TPSA) is 38.3 Å². The van der Waals surface area contributed by atoms with Gasteiger partial charge >= 0.3 is 0 Å². The van der Waals surface area contributed by atoms with Crippen LogP contribution in [-0.4, -0.2) is 24.8 Å². The molecule has 1 atom stereocenters. The molecular weight excluding hydrogens is 306 g/mol. The number of para-hydroxylation sites is 1. The third kappa shape index (κ3) is 5.64. The molecule has 2 aromatic rings. The molecule has 1 amide bonds. The Balaban J connectivity index is 1.72. The molecule has 122 valence electrons. The first-order chi connectivity index (χ1) is 11.2. The highest BCUT2D eigenvalue weighted by Crippen LogP contribution is 2.22. The van der Waals surface area contributed by atoms with Crippen molar-refractivity contribution in [3.05, 3.63) is 60.2 Å². The number of thioether (sulfide) groups is 1. The van der Waals surface area contributed by atoms with E-state index in [0.717, 1.165) is 23.5 Å². The predicted octanol–water partition coefficient (Wildman–Crippen LogP) is 3.92. The highest BCUT2D eigenvalue weighted by molar-refractivity contribution is 8.00. The second-order valence-electron chi connectivity index (χ2n) is 5.28. The van der Waals surface area contributed by atoms with Gasteiger partial charge in [-0.25, -0.2) is 0 Å². The van der Waals surface area contributed by atoms with E-state index >= 15 is 0 Å². The molecule has 23 heavy (non-hydrogen) atoms. The van der Waals surface area contributed by atoms with Crippen molar-refractivity contribution in [2.75, 3.05) is 13.7 Å². The molecule has 1 unspecified atom stereocenters. The lowest BCUT2D eigenvalue weighted by Crippen LogP contribution is -2.31. The molecule has 0 aliphatic carbocycles. The van der Waals surface area contributed by atoms with E-state index in [1.54, 1.807) is 18.9 Å². The molecule has 0 bridgehead atoms. The van der Waals surface area contributed by atoms with Crippen molar-refractivity contribution in [1.29, 1.82) is 0 Å². The van der Waals surface area contributed by atoms with Crippen LogP contribution in [0.5, 0.6) is 5.75 Å². The van der Waals surface area contributed by atoms with Crippen LogP contribution in [0, 0.1) is 0 Å². The zero-order valence-electron chi connectivity index (χ0n) is 13.6. The number of carbonyl (C=O) groups excluding carboxylic acids is 1. The van der Waals surface area contributed by atoms with Crippen molar-refractivity contribution in [3.8, 4) is 5.75 Å². The fourth-order valence-electron chi connectivity index (χ4n) is 2.30. The first kappa shape index (κ1) is 17.4. The summed E-state index contributed by atoms with van der Waals surface area (Å²) in [6.45, 7) is 2.61. The van der Waals surface area contributed by atoms with Gasteiger partial charge in [0.1, 0.15) is 5.75 Å². The maximum absolute atomic E-state index is 12.1. The van der Waals surface area contributed by atoms with Crippen LogP contribution < -0.4 is 10.1 Å². The third-order valence-electron chi connectivity index (χ3n) is 3.54. The summed E-state index contributed by atoms with van der Waals surface area (Å²) in [4.78, 5) is 13.2. The number of amides is 1. The molecule has 0 spiro atoms. The van der Waals surface area contributed by atoms with Gasteiger partial charge in [-0.1, -0.05) is 36.4 Å². The number of hydrogen-bond acceptors (Lipinski definition) is 3. The lowest BCUT2D eigenvalue weighted by Gasteiger charge is -2.12. The summed E-state index contributed by atoms with van der Waals surface area (Å²) in [7, 11) is 1.68. The summed E-state index contributed by atoms with van der Waals surface area (Å²) in [6, 6.07) is 18.0. The van der Waals surface area contributed by atoms with Crippen LogP contribution in [0.15, 0.2) is 59.5 Å². The molecule has 0 saturated carbocycles. The molecule has 3 nitrogen and oxygen atoms in total. The minimum absolute atomic E-state index is 0.0823. The van der Waals surface area contributed by atoms with E-state index < -0.39 is 0 Å². The second-order valence-corrected chi connectivity index (χ2v) is 6.69. The second kappa shape index (κ2) is 9.26. The van der Waals surface area contributed by atoms with E-state index in [1.807, 2.05) is 55.5 Å². The molecule has 0 aliphatic rings. The summed E-state index contributed by atoms with van der Waals surface area (Å²) in [6.07, 6.45) is 1.79. The molecular formula is C19H23NO2S. The normalized spacial score (nSPS) is 11.7. The largest absolute Gasteiger partial charge is 0.496 e. The molecule has 0 fully saturated rings. The Kier molecular flexibility index (Phi) is 7.01. The first-order valence-electron chi connectivity index (χ1n) is 7.82. The molecule has 2 rings (SSSR count). The number of ether oxygens (including phenoxy) is 1. The van der Waals surface area contributed by atoms with Gasteiger partial charge in [0.2, 0.25) is 5.91 Å². The molecule has 0 aliphatic heterocycles. The minimum atomic E-state index is -0.0938. The van der Waals surface area contributed by atoms with Crippen LogP contribution in [0.1, 0.15) is 18.9 Å². The minimum Gasteiger partial charge on any atom is -0.496 e. The number of benzene rings is 2. The highest BCUT2D eigenvalue weighted by atomic mass is 32.2. The SMILES string of the molecule is COc1ccccc1CCCNC(=O)C(C)Sc1ccccc1. The molecule has 0 radical (unpaired) electrons. The maximum Gasteiger partial charge on any atom is 0.233 e. The number of methoxy groups -OCH3 is 1. The van der Waals surface area contributed by atoms with E-state index in [2.05, 4.69) is 11.4 Å². The van der Waals surface area contributed by atoms with Crippen molar-refractivity contribution in [2.24, 2.45) is 0 Å². The van der Waals surface area contributed by atoms with Crippen LogP contribution >= 0.6 is 11.8 Å². The van der Waals surface area contributed by atoms with Gasteiger partial charge in [0, 0.05) is 11.4 Å². The lowest BCUT2D eigenvalue weighted by molar-refractivity contribution is -0.120. The van der Waals surface area contributed by atoms with Gasteiger partial charge in [-0.15, -0.1) is 11.8 Å². The van der Waals surface area contributed by atoms with E-state index in [1.165, 1.54) is 5.56 Å². The smallest absolute Gasteiger partial charge is 0.233 e. The van der Waals surface area contributed by atoms with Crippen molar-refractivity contribution in [2.45, 2.75) is 29.9 Å². The molecule has 0 heterocycles. The first-order valence-corrected chi connectivity index (χ1v) is 8.70. The Morgan fingerprint density at radius 2 is 1.83 bits per heavy atom. The van der Waals surface area contributed by atoms with Crippen LogP contribution in [0.25, 0.3) is 0 Å². The quantitative estimate of drug-likeness (QED) is 0.589. The summed E-state index contributed by atoms with van der Waals surface area (Å²) in [5.41, 5.74) is 1.18. The Morgan fingerprint density at radius 1 is 1.13 bits per heavy atom. The van der Waals surface area contributed by atoms with Gasteiger partial charge in [0.25, 0.3) is 0 Å². The fourth-order valence-corrected chi connectivity index (χ4v) is 3.21. The summed E-state index contributed by atoms with van der Waals surface area (Å²) >= 11 is 1.58. The fraction of sp³-hybridized carbons (Fsp3) is 0.316. The van der Waals surface area contributed by atoms with Crippen LogP contribution in [0.2, 0.25) is 0 Å². The van der Waals surface area contributed by atoms with Gasteiger partial charge in [0.05, 0.1) is 12.4 Å². The standard InChI is InChI=1S/C19H23NO2S/c1-15(23-17-11-4-3-5-12-17)19(21)20-14-8-10-16-9-6-7-13-18(16)22-2/h3-7,9,11-13,15H,8,10,14H2,1-2H3,(H,20,21). The maximum atomic E-state index is 12.1. The number of nitrogens with one attached hydrogen (secondary N) is 1. The van der Waals surface area contributed by atoms with Gasteiger partial charge in [-0.2, -0.15) is 0 Å². The average molecular weight is 329 g/mol. The highest BCUT2D eigenvalue weighted by Gasteiger charge is 2.13. The Hall–Kier alpha value is -1.94. The predicted molar refractivity (Wildman–Crippen MR) is 96.1 cm³/mol. The molecule has 0 aromatic heterocycles. The number of rotatable bonds is 8. The average Bonchev–Trinajstić information content (AvgIpc) is 2.59. The monoisotopic (exact) mass is 329 g/mol. The Labute approximate surface area is 142 Å². The summed E-state index contributed by atoms with van der Waals surface area (Å²) < 4.78 is 5.34. The number of hydrogen-bond donors (Lipinski definition) is 1. The zero-order chi connectivity index (χ0) is 16.5. The van der Waals surface area contributed by atoms with E-state index in [-0.39, 0.29) is 11.2 Å². The van der Waals surface area contributed by atoms with Gasteiger partial charge < -0.3 is 10.1 Å². The molecule has 1 N–H and O–H groups in total. The van der Waals surface area contributed by atoms with E-state index in [0.29, 0.717) is 6.54 Å². The molecule has 4 heteroatoms. The zero-order valence-corrected chi connectivity index (χ0v) is 14.4. The van der Waals surface area contributed by atoms with E-state index in [9.17, 15) is 4.79 Å². The van der Waals surface area contributed by atoms with Crippen molar-refractivity contribution < 1.29 is 9.53 Å². The Bertz CT molecular complexity index is 616. The number of aryl methyl sites for hydroxylation is 1. The summed E-state index contributed by atoms with van der Waals surface area (Å²) in [5.74, 6) is 0.991. The van der Waals surface area contributed by atoms with Crippen molar-refractivity contribution in [3.63, 3.8) is 0 Å². The Morgan fingerprint density at radius 3 is 2.57 bits per heavy atom. The van der Waals surface area contributed by atoms with Crippen LogP contribution in [0.4, 0.5) is 0 Å². The van der Waals surface area contributed by atoms with Crippen molar-refractivity contribution >= 4 is 17.7 Å². The lowest BCUT2D eigenvalue weighted by atomic mass is 10.1. The molecule has 2 aromatic carbocycles.